The number of nitrogens with zero attached hydrogens (tertiary/aromatic N) is 1. The fraction of sp³-hybridized carbons (Fsp3) is 0.444. The van der Waals surface area contributed by atoms with Crippen molar-refractivity contribution in [2.45, 2.75) is 24.7 Å². The zero-order valence-corrected chi connectivity index (χ0v) is 6.50. The largest absolute Gasteiger partial charge is 0.264 e. The highest BCUT2D eigenvalue weighted by Gasteiger charge is 2.45. The third-order valence-corrected chi connectivity index (χ3v) is 2.25. The number of hydrogen-bond donors (Lipinski definition) is 0. The van der Waals surface area contributed by atoms with E-state index in [1.54, 1.807) is 18.5 Å². The summed E-state index contributed by atoms with van der Waals surface area (Å²) in [5.74, 6) is -2.41. The second kappa shape index (κ2) is 2.51. The molecule has 1 aromatic rings. The standard InChI is InChI=1S/C9H9F2N/c10-9(11)4-8(5-9)7-2-1-3-12-6-7/h1-3,6,8H,4-5H2. The number of rotatable bonds is 1. The van der Waals surface area contributed by atoms with Crippen LogP contribution in [0.3, 0.4) is 0 Å². The lowest BCUT2D eigenvalue weighted by Crippen LogP contribution is -2.33. The highest BCUT2D eigenvalue weighted by molar-refractivity contribution is 5.19. The van der Waals surface area contributed by atoms with Crippen LogP contribution in [-0.2, 0) is 0 Å². The van der Waals surface area contributed by atoms with Gasteiger partial charge in [-0.25, -0.2) is 8.78 Å². The van der Waals surface area contributed by atoms with Gasteiger partial charge in [0.15, 0.2) is 0 Å². The zero-order valence-electron chi connectivity index (χ0n) is 6.50. The topological polar surface area (TPSA) is 12.9 Å². The van der Waals surface area contributed by atoms with Crippen LogP contribution in [-0.4, -0.2) is 10.9 Å². The number of hydrogen-bond acceptors (Lipinski definition) is 1. The molecule has 0 unspecified atom stereocenters. The molecule has 0 saturated heterocycles. The van der Waals surface area contributed by atoms with Gasteiger partial charge in [0.1, 0.15) is 0 Å². The molecule has 3 heteroatoms. The van der Waals surface area contributed by atoms with E-state index in [2.05, 4.69) is 4.98 Å². The second-order valence-electron chi connectivity index (χ2n) is 3.25. The van der Waals surface area contributed by atoms with Crippen LogP contribution >= 0.6 is 0 Å². The highest BCUT2D eigenvalue weighted by atomic mass is 19.3. The summed E-state index contributed by atoms with van der Waals surface area (Å²) in [5.41, 5.74) is 0.934. The van der Waals surface area contributed by atoms with Gasteiger partial charge in [-0.05, 0) is 17.5 Å². The van der Waals surface area contributed by atoms with Gasteiger partial charge in [-0.2, -0.15) is 0 Å². The summed E-state index contributed by atoms with van der Waals surface area (Å²) in [4.78, 5) is 3.89. The number of halogens is 2. The van der Waals surface area contributed by atoms with Gasteiger partial charge in [0.25, 0.3) is 0 Å². The molecular formula is C9H9F2N. The minimum atomic E-state index is -2.43. The van der Waals surface area contributed by atoms with E-state index in [4.69, 9.17) is 0 Å². The molecule has 0 aromatic carbocycles. The van der Waals surface area contributed by atoms with E-state index >= 15 is 0 Å². The van der Waals surface area contributed by atoms with Crippen LogP contribution in [0.4, 0.5) is 8.78 Å². The molecule has 0 spiro atoms. The average molecular weight is 169 g/mol. The van der Waals surface area contributed by atoms with Gasteiger partial charge < -0.3 is 0 Å². The first-order valence-corrected chi connectivity index (χ1v) is 3.95. The van der Waals surface area contributed by atoms with Crippen molar-refractivity contribution in [2.24, 2.45) is 0 Å². The highest BCUT2D eigenvalue weighted by Crippen LogP contribution is 2.47. The molecule has 0 aliphatic heterocycles. The molecule has 1 saturated carbocycles. The number of pyridine rings is 1. The number of aromatic nitrogens is 1. The Kier molecular flexibility index (Phi) is 1.60. The Bertz CT molecular complexity index is 263. The lowest BCUT2D eigenvalue weighted by Gasteiger charge is -2.34. The van der Waals surface area contributed by atoms with E-state index in [0.717, 1.165) is 5.56 Å². The molecule has 0 bridgehead atoms. The van der Waals surface area contributed by atoms with Crippen LogP contribution in [0, 0.1) is 0 Å². The molecule has 1 nitrogen and oxygen atoms in total. The Morgan fingerprint density at radius 2 is 2.17 bits per heavy atom. The summed E-state index contributed by atoms with van der Waals surface area (Å²) in [7, 11) is 0. The van der Waals surface area contributed by atoms with Gasteiger partial charge in [-0.1, -0.05) is 6.07 Å². The third kappa shape index (κ3) is 1.31. The van der Waals surface area contributed by atoms with Crippen molar-refractivity contribution in [3.05, 3.63) is 30.1 Å². The first-order chi connectivity index (χ1) is 5.67. The SMILES string of the molecule is FC1(F)CC(c2cccnc2)C1. The fourth-order valence-electron chi connectivity index (χ4n) is 1.51. The first kappa shape index (κ1) is 7.65. The van der Waals surface area contributed by atoms with Crippen molar-refractivity contribution in [1.29, 1.82) is 0 Å². The Balaban J connectivity index is 2.06. The third-order valence-electron chi connectivity index (χ3n) is 2.25. The van der Waals surface area contributed by atoms with Gasteiger partial charge in [0.05, 0.1) is 0 Å². The molecule has 1 aromatic heterocycles. The van der Waals surface area contributed by atoms with Crippen LogP contribution in [0.5, 0.6) is 0 Å². The van der Waals surface area contributed by atoms with Crippen molar-refractivity contribution in [2.75, 3.05) is 0 Å². The molecule has 64 valence electrons. The molecule has 1 fully saturated rings. The Morgan fingerprint density at radius 3 is 2.67 bits per heavy atom. The zero-order chi connectivity index (χ0) is 8.60. The van der Waals surface area contributed by atoms with E-state index in [-0.39, 0.29) is 18.8 Å². The van der Waals surface area contributed by atoms with Gasteiger partial charge in [0.2, 0.25) is 5.92 Å². The van der Waals surface area contributed by atoms with Gasteiger partial charge in [-0.15, -0.1) is 0 Å². The molecule has 1 aliphatic carbocycles. The Labute approximate surface area is 69.4 Å². The molecule has 12 heavy (non-hydrogen) atoms. The van der Waals surface area contributed by atoms with Crippen molar-refractivity contribution in [3.63, 3.8) is 0 Å². The number of alkyl halides is 2. The Hall–Kier alpha value is -0.990. The quantitative estimate of drug-likeness (QED) is 0.629. The molecular weight excluding hydrogens is 160 g/mol. The minimum absolute atomic E-state index is 0.0152. The monoisotopic (exact) mass is 169 g/mol. The molecule has 0 amide bonds. The first-order valence-electron chi connectivity index (χ1n) is 3.95. The summed E-state index contributed by atoms with van der Waals surface area (Å²) in [6.45, 7) is 0. The maximum atomic E-state index is 12.5. The predicted molar refractivity (Wildman–Crippen MR) is 41.2 cm³/mol. The van der Waals surface area contributed by atoms with Crippen LogP contribution in [0.1, 0.15) is 24.3 Å². The van der Waals surface area contributed by atoms with Crippen molar-refractivity contribution >= 4 is 0 Å². The van der Waals surface area contributed by atoms with E-state index in [1.807, 2.05) is 6.07 Å². The van der Waals surface area contributed by atoms with Crippen molar-refractivity contribution in [3.8, 4) is 0 Å². The lowest BCUT2D eigenvalue weighted by atomic mass is 9.77. The maximum Gasteiger partial charge on any atom is 0.249 e. The fourth-order valence-corrected chi connectivity index (χ4v) is 1.51. The molecule has 1 heterocycles. The summed E-state index contributed by atoms with van der Waals surface area (Å²) in [5, 5.41) is 0. The van der Waals surface area contributed by atoms with Gasteiger partial charge in [0, 0.05) is 25.2 Å². The molecule has 2 rings (SSSR count). The van der Waals surface area contributed by atoms with Crippen LogP contribution in [0.2, 0.25) is 0 Å². The average Bonchev–Trinajstić information content (AvgIpc) is 2.02. The van der Waals surface area contributed by atoms with E-state index < -0.39 is 5.92 Å². The Morgan fingerprint density at radius 1 is 1.42 bits per heavy atom. The van der Waals surface area contributed by atoms with E-state index in [1.165, 1.54) is 0 Å². The summed E-state index contributed by atoms with van der Waals surface area (Å²) in [6, 6.07) is 3.64. The molecule has 0 radical (unpaired) electrons. The van der Waals surface area contributed by atoms with Crippen LogP contribution in [0.25, 0.3) is 0 Å². The summed E-state index contributed by atoms with van der Waals surface area (Å²) >= 11 is 0. The van der Waals surface area contributed by atoms with E-state index in [0.29, 0.717) is 0 Å². The molecule has 0 N–H and O–H groups in total. The van der Waals surface area contributed by atoms with Gasteiger partial charge >= 0.3 is 0 Å². The maximum absolute atomic E-state index is 12.5. The van der Waals surface area contributed by atoms with Crippen LogP contribution in [0.15, 0.2) is 24.5 Å². The molecule has 0 atom stereocenters. The molecule has 1 aliphatic rings. The summed E-state index contributed by atoms with van der Waals surface area (Å²) < 4.78 is 24.9. The lowest BCUT2D eigenvalue weighted by molar-refractivity contribution is -0.0868. The van der Waals surface area contributed by atoms with E-state index in [9.17, 15) is 8.78 Å². The van der Waals surface area contributed by atoms with Crippen molar-refractivity contribution in [1.82, 2.24) is 4.98 Å². The van der Waals surface area contributed by atoms with Gasteiger partial charge in [-0.3, -0.25) is 4.98 Å². The summed E-state index contributed by atoms with van der Waals surface area (Å²) in [6.07, 6.45) is 3.29. The minimum Gasteiger partial charge on any atom is -0.264 e. The van der Waals surface area contributed by atoms with Crippen molar-refractivity contribution < 1.29 is 8.78 Å². The van der Waals surface area contributed by atoms with Crippen LogP contribution < -0.4 is 0 Å². The predicted octanol–water partition coefficient (Wildman–Crippen LogP) is 2.59. The normalized spacial score (nSPS) is 21.8. The second-order valence-corrected chi connectivity index (χ2v) is 3.25. The smallest absolute Gasteiger partial charge is 0.249 e.